The monoisotopic (exact) mass is 1090 g/mol. The topological polar surface area (TPSA) is 423 Å². The molecule has 0 aromatic heterocycles. The number of nitrogens with two attached hydrogens (primary N) is 2. The van der Waals surface area contributed by atoms with Crippen molar-refractivity contribution in [3.8, 4) is 34.1 Å². The number of azo groups is 2. The van der Waals surface area contributed by atoms with Crippen LogP contribution in [0.5, 0.6) is 23.0 Å². The first kappa shape index (κ1) is 62.5. The molecule has 0 aliphatic carbocycles. The summed E-state index contributed by atoms with van der Waals surface area (Å²) in [6, 6.07) is 10.1. The van der Waals surface area contributed by atoms with Crippen LogP contribution in [0.2, 0.25) is 0 Å². The van der Waals surface area contributed by atoms with Crippen molar-refractivity contribution in [3.05, 3.63) is 72.8 Å². The van der Waals surface area contributed by atoms with E-state index >= 15 is 0 Å². The molecule has 0 unspecified atom stereocenters. The molecule has 6 rings (SSSR count). The van der Waals surface area contributed by atoms with Crippen LogP contribution in [0.15, 0.2) is 113 Å². The van der Waals surface area contributed by atoms with Crippen LogP contribution in [-0.4, -0.2) is 51.9 Å². The van der Waals surface area contributed by atoms with E-state index in [0.717, 1.165) is 24.3 Å². The third-order valence-corrected chi connectivity index (χ3v) is 11.5. The van der Waals surface area contributed by atoms with Crippen LogP contribution in [0.1, 0.15) is 0 Å². The summed E-state index contributed by atoms with van der Waals surface area (Å²) in [5, 5.41) is 64.5. The molecule has 0 spiro atoms. The maximum atomic E-state index is 13.2. The van der Waals surface area contributed by atoms with E-state index < -0.39 is 139 Å². The van der Waals surface area contributed by atoms with E-state index in [9.17, 15) is 72.3 Å². The van der Waals surface area contributed by atoms with Crippen molar-refractivity contribution in [3.63, 3.8) is 0 Å². The summed E-state index contributed by atoms with van der Waals surface area (Å²) in [5.41, 5.74) is 7.32. The molecule has 4 N–H and O–H groups in total. The summed E-state index contributed by atoms with van der Waals surface area (Å²) in [6.07, 6.45) is 0. The summed E-state index contributed by atoms with van der Waals surface area (Å²) in [5.74, 6) is -4.43. The zero-order valence-corrected chi connectivity index (χ0v) is 45.8. The number of benzene rings is 6. The fraction of sp³-hybridized carbons (Fsp3) is 0. The number of hydrogen-bond acceptors (Lipinski definition) is 22. The van der Waals surface area contributed by atoms with Gasteiger partial charge >= 0.3 is 152 Å². The van der Waals surface area contributed by atoms with Crippen LogP contribution in [0.3, 0.4) is 0 Å². The first-order valence-electron chi connectivity index (χ1n) is 15.2. The average molecular weight is 1090 g/mol. The summed E-state index contributed by atoms with van der Waals surface area (Å²) in [7, 11) is -21.3. The zero-order chi connectivity index (χ0) is 42.9. The van der Waals surface area contributed by atoms with Crippen LogP contribution in [0, 0.1) is 0 Å². The predicted molar refractivity (Wildman–Crippen MR) is 187 cm³/mol. The molecule has 22 nitrogen and oxygen atoms in total. The van der Waals surface area contributed by atoms with E-state index in [2.05, 4.69) is 20.5 Å². The van der Waals surface area contributed by atoms with Gasteiger partial charge in [0.2, 0.25) is 0 Å². The van der Waals surface area contributed by atoms with Gasteiger partial charge in [-0.1, -0.05) is 47.3 Å². The Labute approximate surface area is 472 Å². The molecule has 0 saturated heterocycles. The molecule has 0 aliphatic rings. The van der Waals surface area contributed by atoms with Gasteiger partial charge in [-0.25, -0.2) is 33.7 Å². The molecule has 0 heterocycles. The second-order valence-corrected chi connectivity index (χ2v) is 17.4. The Balaban J connectivity index is 0.00000661. The van der Waals surface area contributed by atoms with Crippen LogP contribution in [0.4, 0.5) is 34.1 Å². The second-order valence-electron chi connectivity index (χ2n) is 11.9. The molecule has 6 aromatic rings. The van der Waals surface area contributed by atoms with Crippen molar-refractivity contribution in [2.45, 2.75) is 19.6 Å². The Morgan fingerprint density at radius 1 is 0.422 bits per heavy atom. The molecule has 2 radical (unpaired) electrons. The van der Waals surface area contributed by atoms with Gasteiger partial charge in [-0.3, -0.25) is 0 Å². The molecular weight excluding hydrogens is 1070 g/mol. The first-order chi connectivity index (χ1) is 26.8. The van der Waals surface area contributed by atoms with E-state index in [1.807, 2.05) is 0 Å². The van der Waals surface area contributed by atoms with Crippen molar-refractivity contribution < 1.29 is 225 Å². The molecule has 64 heavy (non-hydrogen) atoms. The van der Waals surface area contributed by atoms with E-state index in [0.29, 0.717) is 36.4 Å². The van der Waals surface area contributed by atoms with Gasteiger partial charge in [0.25, 0.3) is 0 Å². The van der Waals surface area contributed by atoms with Gasteiger partial charge in [0.15, 0.2) is 0 Å². The second kappa shape index (κ2) is 23.2. The van der Waals surface area contributed by atoms with Crippen LogP contribution < -0.4 is 150 Å². The van der Waals surface area contributed by atoms with Gasteiger partial charge in [-0.2, -0.15) is 10.2 Å². The van der Waals surface area contributed by atoms with Gasteiger partial charge in [0.05, 0.1) is 42.3 Å². The minimum Gasteiger partial charge on any atom is -0.871 e. The molecule has 0 amide bonds. The largest absolute Gasteiger partial charge is 2.00 e. The smallest absolute Gasteiger partial charge is 0.871 e. The van der Waals surface area contributed by atoms with E-state index in [-0.39, 0.29) is 163 Å². The Morgan fingerprint density at radius 2 is 0.734 bits per heavy atom. The number of rotatable bonds is 9. The summed E-state index contributed by atoms with van der Waals surface area (Å²) < 4.78 is 141. The molecule has 0 aliphatic heterocycles. The standard InChI is InChI=1S/C32H24N6O16S4.2Cu.4Na/c33-19-11-17(55(43,44)45)5-15-9-25(57(49,50)51)29(31(41)27(15)19)37-35-21-3-1-13(7-23(21)39)14-2-4-22(24(40)8-14)36-38-30-26(58(52,53)54)10-16-6-18(56(46,47)48)12-20(34)28(16)32(30)42;;;;;;/h1-12,39-42H,33-34H2,(H,43,44,45)(H,46,47,48)(H,49,50,51)(H,52,53,54);;;;;;/q;2*+2;4*+1/p-8. The van der Waals surface area contributed by atoms with Gasteiger partial charge in [0, 0.05) is 11.4 Å². The third kappa shape index (κ3) is 13.4. The summed E-state index contributed by atoms with van der Waals surface area (Å²) in [4.78, 5) is -4.38. The number of nitrogens with zero attached hydrogens (tertiary/aromatic N) is 4. The Morgan fingerprint density at radius 3 is 1.00 bits per heavy atom. The van der Waals surface area contributed by atoms with Gasteiger partial charge in [0.1, 0.15) is 40.5 Å². The average Bonchev–Trinajstić information content (AvgIpc) is 3.09. The van der Waals surface area contributed by atoms with Crippen LogP contribution in [0.25, 0.3) is 32.7 Å². The number of fused-ring (bicyclic) bond motifs is 2. The fourth-order valence-electron chi connectivity index (χ4n) is 5.57. The van der Waals surface area contributed by atoms with E-state index in [1.54, 1.807) is 0 Å². The van der Waals surface area contributed by atoms with Crippen LogP contribution >= 0.6 is 0 Å². The molecular formula is C32H16Cu2N6Na4O16S4. The number of hydrogen-bond donors (Lipinski definition) is 2. The van der Waals surface area contributed by atoms with Crippen molar-refractivity contribution >= 4 is 96.1 Å². The first-order valence-corrected chi connectivity index (χ1v) is 20.8. The molecule has 0 bridgehead atoms. The molecule has 0 fully saturated rings. The minimum absolute atomic E-state index is 0. The van der Waals surface area contributed by atoms with E-state index in [1.165, 1.54) is 12.1 Å². The van der Waals surface area contributed by atoms with Crippen molar-refractivity contribution in [2.24, 2.45) is 20.5 Å². The molecule has 32 heteroatoms. The Hall–Kier alpha value is -1.48. The normalized spacial score (nSPS) is 11.8. The predicted octanol–water partition coefficient (Wildman–Crippen LogP) is -10.4. The Bertz CT molecular complexity index is 3120. The molecule has 0 saturated carbocycles. The van der Waals surface area contributed by atoms with Crippen molar-refractivity contribution in [2.75, 3.05) is 11.5 Å². The van der Waals surface area contributed by atoms with Gasteiger partial charge in [-0.15, -0.1) is 10.2 Å². The Kier molecular flexibility index (Phi) is 22.7. The number of anilines is 2. The third-order valence-electron chi connectivity index (χ3n) is 8.15. The van der Waals surface area contributed by atoms with Crippen molar-refractivity contribution in [1.29, 1.82) is 0 Å². The molecule has 320 valence electrons. The zero-order valence-electron chi connectivity index (χ0n) is 32.6. The number of nitrogen functional groups attached to an aromatic ring is 2. The van der Waals surface area contributed by atoms with Crippen molar-refractivity contribution in [1.82, 2.24) is 0 Å². The SMILES string of the molecule is Nc1cc(S(=O)(=O)[O-])cc2cc(S(=O)(=O)[O-])c(N=Nc3ccc(-c4ccc(N=Nc5c(S(=O)(=O)[O-])cc6cc(S(=O)(=O)[O-])cc(N)c6c5[O-])c([O-])c4)cc3[O-])c([O-])c12.[Cu+2].[Cu+2].[Na+].[Na+].[Na+].[Na+]. The van der Waals surface area contributed by atoms with Gasteiger partial charge in [-0.05, 0) is 81.2 Å². The van der Waals surface area contributed by atoms with Crippen LogP contribution in [-0.2, 0) is 74.6 Å². The van der Waals surface area contributed by atoms with Gasteiger partial charge < -0.3 is 50.1 Å². The summed E-state index contributed by atoms with van der Waals surface area (Å²) >= 11 is 0. The quantitative estimate of drug-likeness (QED) is 0.0587. The fourth-order valence-corrected chi connectivity index (χ4v) is 7.94. The summed E-state index contributed by atoms with van der Waals surface area (Å²) in [6.45, 7) is 0. The van der Waals surface area contributed by atoms with E-state index in [4.69, 9.17) is 11.5 Å². The molecule has 6 aromatic carbocycles. The maximum absolute atomic E-state index is 13.2. The maximum Gasteiger partial charge on any atom is 2.00 e. The molecule has 0 atom stereocenters. The minimum atomic E-state index is -5.50.